The Labute approximate surface area is 142 Å². The van der Waals surface area contributed by atoms with Crippen molar-refractivity contribution in [2.75, 3.05) is 0 Å². The molecule has 144 valence electrons. The van der Waals surface area contributed by atoms with Crippen molar-refractivity contribution in [2.24, 2.45) is 0 Å². The van der Waals surface area contributed by atoms with E-state index in [0.29, 0.717) is 12.1 Å². The molecule has 25 heavy (non-hydrogen) atoms. The quantitative estimate of drug-likeness (QED) is 0.571. The molecule has 0 aliphatic heterocycles. The molecule has 0 saturated heterocycles. The number of hydrogen-bond donors (Lipinski definition) is 1. The zero-order chi connectivity index (χ0) is 19.6. The van der Waals surface area contributed by atoms with Crippen LogP contribution >= 0.6 is 0 Å². The first-order valence-electron chi connectivity index (χ1n) is 7.49. The van der Waals surface area contributed by atoms with Crippen LogP contribution in [0, 0.1) is 0 Å². The van der Waals surface area contributed by atoms with Crippen molar-refractivity contribution in [3.8, 4) is 0 Å². The molecule has 1 aromatic carbocycles. The Bertz CT molecular complexity index is 541. The van der Waals surface area contributed by atoms with Gasteiger partial charge in [0, 0.05) is 18.3 Å². The molecule has 0 fully saturated rings. The number of hydrogen-bond acceptors (Lipinski definition) is 3. The van der Waals surface area contributed by atoms with Gasteiger partial charge >= 0.3 is 21.2 Å². The zero-order valence-corrected chi connectivity index (χ0v) is 15.1. The van der Waals surface area contributed by atoms with Gasteiger partial charge in [0.2, 0.25) is 0 Å². The second-order valence-electron chi connectivity index (χ2n) is 6.14. The topological polar surface area (TPSA) is 38.7 Å². The van der Waals surface area contributed by atoms with Gasteiger partial charge in [-0.15, -0.1) is 0 Å². The van der Waals surface area contributed by atoms with Crippen molar-refractivity contribution in [2.45, 2.75) is 58.3 Å². The monoisotopic (exact) mass is 390 g/mol. The fraction of sp³-hybridized carbons (Fsp3) is 0.600. The molecule has 0 atom stereocenters. The van der Waals surface area contributed by atoms with Gasteiger partial charge in [-0.2, -0.15) is 26.3 Å². The van der Waals surface area contributed by atoms with Crippen LogP contribution in [0.4, 0.5) is 26.3 Å². The third-order valence-electron chi connectivity index (χ3n) is 2.91. The molecule has 0 aliphatic rings. The van der Waals surface area contributed by atoms with Crippen LogP contribution in [0.3, 0.4) is 0 Å². The van der Waals surface area contributed by atoms with Gasteiger partial charge in [-0.25, -0.2) is 0 Å². The summed E-state index contributed by atoms with van der Waals surface area (Å²) in [5, 5.41) is 0. The maximum absolute atomic E-state index is 12.9. The van der Waals surface area contributed by atoms with Crippen LogP contribution in [-0.4, -0.2) is 25.8 Å². The molecule has 1 N–H and O–H groups in total. The van der Waals surface area contributed by atoms with Gasteiger partial charge in [-0.05, 0) is 51.5 Å². The lowest BCUT2D eigenvalue weighted by molar-refractivity contribution is -0.143. The van der Waals surface area contributed by atoms with E-state index in [1.54, 1.807) is 27.7 Å². The average molecular weight is 390 g/mol. The molecule has 0 heterocycles. The summed E-state index contributed by atoms with van der Waals surface area (Å²) in [6.07, 6.45) is -10.9. The second-order valence-corrected chi connectivity index (χ2v) is 8.39. The maximum Gasteiger partial charge on any atom is 0.503 e. The van der Waals surface area contributed by atoms with Crippen molar-refractivity contribution in [3.05, 3.63) is 34.9 Å². The number of benzene rings is 1. The van der Waals surface area contributed by atoms with E-state index in [2.05, 4.69) is 0 Å². The van der Waals surface area contributed by atoms with Gasteiger partial charge in [0.25, 0.3) is 0 Å². The molecular weight excluding hydrogens is 370 g/mol. The highest BCUT2D eigenvalue weighted by atomic mass is 28.4. The Balaban J connectivity index is 3.33. The maximum atomic E-state index is 12.9. The normalized spacial score (nSPS) is 13.8. The fourth-order valence-electron chi connectivity index (χ4n) is 2.23. The fourth-order valence-corrected chi connectivity index (χ4v) is 4.64. The second kappa shape index (κ2) is 7.64. The molecule has 0 unspecified atom stereocenters. The van der Waals surface area contributed by atoms with E-state index in [9.17, 15) is 31.1 Å². The summed E-state index contributed by atoms with van der Waals surface area (Å²) in [6, 6.07) is 0.619. The van der Waals surface area contributed by atoms with Crippen molar-refractivity contribution in [3.63, 3.8) is 0 Å². The van der Waals surface area contributed by atoms with Crippen molar-refractivity contribution in [1.82, 2.24) is 0 Å². The molecule has 0 spiro atoms. The standard InChI is InChI=1S/C15H20F6O3Si/c1-9(2)23-25(22,24-10(3)4)8-11-5-12(14(16,17)18)7-13(6-11)15(19,20)21/h5-7,9-10,22H,8H2,1-4H3. The van der Waals surface area contributed by atoms with E-state index in [4.69, 9.17) is 8.85 Å². The molecule has 0 radical (unpaired) electrons. The van der Waals surface area contributed by atoms with E-state index in [1.807, 2.05) is 0 Å². The number of alkyl halides is 6. The highest BCUT2D eigenvalue weighted by Gasteiger charge is 2.42. The summed E-state index contributed by atoms with van der Waals surface area (Å²) in [6.45, 7) is 6.31. The summed E-state index contributed by atoms with van der Waals surface area (Å²) < 4.78 is 88.1. The molecular formula is C15H20F6O3Si. The highest BCUT2D eigenvalue weighted by molar-refractivity contribution is 6.58. The van der Waals surface area contributed by atoms with Gasteiger partial charge in [0.05, 0.1) is 11.1 Å². The Morgan fingerprint density at radius 3 is 1.48 bits per heavy atom. The lowest BCUT2D eigenvalue weighted by atomic mass is 10.1. The largest absolute Gasteiger partial charge is 0.503 e. The van der Waals surface area contributed by atoms with Crippen LogP contribution in [0.1, 0.15) is 44.4 Å². The van der Waals surface area contributed by atoms with Gasteiger partial charge in [-0.3, -0.25) is 0 Å². The first kappa shape index (κ1) is 21.9. The van der Waals surface area contributed by atoms with E-state index in [1.165, 1.54) is 0 Å². The van der Waals surface area contributed by atoms with Gasteiger partial charge in [0.1, 0.15) is 0 Å². The SMILES string of the molecule is CC(C)O[Si](O)(Cc1cc(C(F)(F)F)cc(C(F)(F)F)c1)OC(C)C. The minimum absolute atomic E-state index is 0.0384. The average Bonchev–Trinajstić information content (AvgIpc) is 2.33. The molecule has 3 nitrogen and oxygen atoms in total. The predicted octanol–water partition coefficient (Wildman–Crippen LogP) is 4.59. The van der Waals surface area contributed by atoms with Gasteiger partial charge in [0.15, 0.2) is 0 Å². The Kier molecular flexibility index (Phi) is 6.71. The summed E-state index contributed by atoms with van der Waals surface area (Å²) in [5.74, 6) is 0. The molecule has 0 aromatic heterocycles. The third-order valence-corrected chi connectivity index (χ3v) is 5.45. The van der Waals surface area contributed by atoms with Crippen LogP contribution < -0.4 is 0 Å². The van der Waals surface area contributed by atoms with Crippen LogP contribution in [-0.2, 0) is 27.2 Å². The van der Waals surface area contributed by atoms with Crippen molar-refractivity contribution < 1.29 is 40.0 Å². The lowest BCUT2D eigenvalue weighted by Gasteiger charge is -2.28. The van der Waals surface area contributed by atoms with Gasteiger partial charge in [-0.1, -0.05) is 0 Å². The predicted molar refractivity (Wildman–Crippen MR) is 80.6 cm³/mol. The van der Waals surface area contributed by atoms with Crippen molar-refractivity contribution >= 4 is 8.80 Å². The highest BCUT2D eigenvalue weighted by Crippen LogP contribution is 2.37. The molecule has 0 bridgehead atoms. The zero-order valence-electron chi connectivity index (χ0n) is 14.1. The number of halogens is 6. The van der Waals surface area contributed by atoms with E-state index in [-0.39, 0.29) is 11.6 Å². The van der Waals surface area contributed by atoms with Crippen LogP contribution in [0.5, 0.6) is 0 Å². The third kappa shape index (κ3) is 6.96. The minimum atomic E-state index is -4.95. The van der Waals surface area contributed by atoms with Crippen LogP contribution in [0.25, 0.3) is 0 Å². The first-order valence-corrected chi connectivity index (χ1v) is 9.46. The van der Waals surface area contributed by atoms with Gasteiger partial charge < -0.3 is 13.6 Å². The smallest absolute Gasteiger partial charge is 0.389 e. The van der Waals surface area contributed by atoms with Crippen LogP contribution in [0.15, 0.2) is 18.2 Å². The van der Waals surface area contributed by atoms with E-state index in [0.717, 1.165) is 0 Å². The summed E-state index contributed by atoms with van der Waals surface area (Å²) in [4.78, 5) is 10.5. The summed E-state index contributed by atoms with van der Waals surface area (Å²) in [7, 11) is -4.02. The first-order chi connectivity index (χ1) is 11.1. The molecule has 1 aromatic rings. The van der Waals surface area contributed by atoms with E-state index < -0.39 is 50.5 Å². The molecule has 0 amide bonds. The minimum Gasteiger partial charge on any atom is -0.389 e. The van der Waals surface area contributed by atoms with E-state index >= 15 is 0 Å². The van der Waals surface area contributed by atoms with Crippen molar-refractivity contribution in [1.29, 1.82) is 0 Å². The molecule has 0 saturated carbocycles. The number of rotatable bonds is 6. The lowest BCUT2D eigenvalue weighted by Crippen LogP contribution is -2.49. The summed E-state index contributed by atoms with van der Waals surface area (Å²) in [5.41, 5.74) is -3.23. The Morgan fingerprint density at radius 2 is 1.20 bits per heavy atom. The molecule has 1 rings (SSSR count). The Hall–Kier alpha value is -1.10. The Morgan fingerprint density at radius 1 is 0.840 bits per heavy atom. The molecule has 10 heteroatoms. The molecule has 0 aliphatic carbocycles. The van der Waals surface area contributed by atoms with Crippen LogP contribution in [0.2, 0.25) is 0 Å². The summed E-state index contributed by atoms with van der Waals surface area (Å²) >= 11 is 0.